The summed E-state index contributed by atoms with van der Waals surface area (Å²) in [5.74, 6) is 0.459. The lowest BCUT2D eigenvalue weighted by Gasteiger charge is -2.25. The standard InChI is InChI=1S/C9H18N2O2/c1-9(10,7-4-5-7)6-8(12)11(2)13-3/h7H,4-6,10H2,1-3H3. The number of hydroxylamine groups is 2. The molecule has 13 heavy (non-hydrogen) atoms. The van der Waals surface area contributed by atoms with Crippen molar-refractivity contribution in [3.05, 3.63) is 0 Å². The minimum absolute atomic E-state index is 0.0561. The summed E-state index contributed by atoms with van der Waals surface area (Å²) in [7, 11) is 3.08. The van der Waals surface area contributed by atoms with Crippen molar-refractivity contribution in [3.63, 3.8) is 0 Å². The molecule has 0 aromatic carbocycles. The number of carbonyl (C=O) groups is 1. The molecule has 0 bridgehead atoms. The van der Waals surface area contributed by atoms with Crippen molar-refractivity contribution >= 4 is 5.91 Å². The Morgan fingerprint density at radius 1 is 1.69 bits per heavy atom. The number of rotatable bonds is 4. The molecule has 1 saturated carbocycles. The molecule has 1 fully saturated rings. The lowest BCUT2D eigenvalue weighted by atomic mass is 9.93. The molecule has 76 valence electrons. The fraction of sp³-hybridized carbons (Fsp3) is 0.889. The Balaban J connectivity index is 2.42. The van der Waals surface area contributed by atoms with E-state index in [2.05, 4.69) is 0 Å². The molecule has 4 heteroatoms. The van der Waals surface area contributed by atoms with Gasteiger partial charge in [0, 0.05) is 19.0 Å². The van der Waals surface area contributed by atoms with Crippen LogP contribution >= 0.6 is 0 Å². The summed E-state index contributed by atoms with van der Waals surface area (Å²) in [6, 6.07) is 0. The van der Waals surface area contributed by atoms with Crippen molar-refractivity contribution in [1.29, 1.82) is 0 Å². The van der Waals surface area contributed by atoms with Crippen LogP contribution in [0.5, 0.6) is 0 Å². The Kier molecular flexibility index (Phi) is 2.93. The number of nitrogens with two attached hydrogens (primary N) is 1. The monoisotopic (exact) mass is 186 g/mol. The van der Waals surface area contributed by atoms with Gasteiger partial charge in [-0.3, -0.25) is 9.63 Å². The van der Waals surface area contributed by atoms with E-state index in [4.69, 9.17) is 10.6 Å². The molecule has 0 radical (unpaired) electrons. The molecule has 1 aliphatic carbocycles. The van der Waals surface area contributed by atoms with E-state index in [0.717, 1.165) is 12.8 Å². The van der Waals surface area contributed by atoms with Gasteiger partial charge in [0.2, 0.25) is 5.91 Å². The van der Waals surface area contributed by atoms with Crippen LogP contribution in [0.15, 0.2) is 0 Å². The van der Waals surface area contributed by atoms with Crippen LogP contribution in [0.2, 0.25) is 0 Å². The van der Waals surface area contributed by atoms with E-state index in [-0.39, 0.29) is 11.4 Å². The molecule has 0 aromatic rings. The molecule has 0 saturated heterocycles. The van der Waals surface area contributed by atoms with Crippen molar-refractivity contribution in [2.75, 3.05) is 14.2 Å². The van der Waals surface area contributed by atoms with Gasteiger partial charge in [-0.1, -0.05) is 0 Å². The zero-order chi connectivity index (χ0) is 10.1. The maximum Gasteiger partial charge on any atom is 0.247 e. The van der Waals surface area contributed by atoms with Crippen LogP contribution in [0.1, 0.15) is 26.2 Å². The lowest BCUT2D eigenvalue weighted by Crippen LogP contribution is -2.44. The van der Waals surface area contributed by atoms with Gasteiger partial charge in [-0.25, -0.2) is 5.06 Å². The molecule has 1 rings (SSSR count). The number of hydrogen-bond donors (Lipinski definition) is 1. The van der Waals surface area contributed by atoms with Crippen LogP contribution in [0.4, 0.5) is 0 Å². The van der Waals surface area contributed by atoms with Gasteiger partial charge in [-0.2, -0.15) is 0 Å². The molecule has 0 heterocycles. The zero-order valence-corrected chi connectivity index (χ0v) is 8.54. The first-order chi connectivity index (χ1) is 5.97. The summed E-state index contributed by atoms with van der Waals surface area (Å²) >= 11 is 0. The maximum atomic E-state index is 11.4. The maximum absolute atomic E-state index is 11.4. The van der Waals surface area contributed by atoms with Gasteiger partial charge in [-0.05, 0) is 25.7 Å². The van der Waals surface area contributed by atoms with E-state index >= 15 is 0 Å². The predicted molar refractivity (Wildman–Crippen MR) is 49.7 cm³/mol. The first kappa shape index (κ1) is 10.5. The van der Waals surface area contributed by atoms with Gasteiger partial charge < -0.3 is 5.73 Å². The van der Waals surface area contributed by atoms with Crippen molar-refractivity contribution in [2.45, 2.75) is 31.7 Å². The third-order valence-corrected chi connectivity index (χ3v) is 2.67. The molecule has 1 unspecified atom stereocenters. The quantitative estimate of drug-likeness (QED) is 0.651. The van der Waals surface area contributed by atoms with E-state index in [0.29, 0.717) is 12.3 Å². The van der Waals surface area contributed by atoms with Gasteiger partial charge in [0.1, 0.15) is 0 Å². The third-order valence-electron chi connectivity index (χ3n) is 2.67. The van der Waals surface area contributed by atoms with Crippen LogP contribution in [0.3, 0.4) is 0 Å². The van der Waals surface area contributed by atoms with E-state index < -0.39 is 0 Å². The summed E-state index contributed by atoms with van der Waals surface area (Å²) in [6.07, 6.45) is 2.66. The second-order valence-corrected chi connectivity index (χ2v) is 4.03. The van der Waals surface area contributed by atoms with Gasteiger partial charge in [0.25, 0.3) is 0 Å². The Morgan fingerprint density at radius 2 is 2.23 bits per heavy atom. The zero-order valence-electron chi connectivity index (χ0n) is 8.54. The third kappa shape index (κ3) is 2.67. The van der Waals surface area contributed by atoms with Crippen molar-refractivity contribution in [2.24, 2.45) is 11.7 Å². The topological polar surface area (TPSA) is 55.6 Å². The molecule has 2 N–H and O–H groups in total. The van der Waals surface area contributed by atoms with Crippen molar-refractivity contribution in [1.82, 2.24) is 5.06 Å². The fourth-order valence-corrected chi connectivity index (χ4v) is 1.43. The van der Waals surface area contributed by atoms with Gasteiger partial charge in [0.05, 0.1) is 7.11 Å². The average Bonchev–Trinajstić information content (AvgIpc) is 2.84. The molecule has 0 aromatic heterocycles. The first-order valence-corrected chi connectivity index (χ1v) is 4.57. The SMILES string of the molecule is CON(C)C(=O)CC(C)(N)C1CC1. The number of nitrogens with zero attached hydrogens (tertiary/aromatic N) is 1. The normalized spacial score (nSPS) is 20.9. The Morgan fingerprint density at radius 3 is 2.62 bits per heavy atom. The van der Waals surface area contributed by atoms with Gasteiger partial charge >= 0.3 is 0 Å². The summed E-state index contributed by atoms with van der Waals surface area (Å²) in [6.45, 7) is 1.94. The largest absolute Gasteiger partial charge is 0.325 e. The second-order valence-electron chi connectivity index (χ2n) is 4.03. The highest BCUT2D eigenvalue weighted by molar-refractivity contribution is 5.76. The summed E-state index contributed by atoms with van der Waals surface area (Å²) in [5, 5.41) is 1.23. The summed E-state index contributed by atoms with van der Waals surface area (Å²) in [4.78, 5) is 16.2. The number of hydrogen-bond acceptors (Lipinski definition) is 3. The Bertz CT molecular complexity index is 200. The molecule has 0 spiro atoms. The van der Waals surface area contributed by atoms with E-state index in [1.54, 1.807) is 7.05 Å². The van der Waals surface area contributed by atoms with E-state index in [1.807, 2.05) is 6.92 Å². The molecular formula is C9H18N2O2. The Hall–Kier alpha value is -0.610. The molecule has 1 amide bonds. The van der Waals surface area contributed by atoms with E-state index in [9.17, 15) is 4.79 Å². The van der Waals surface area contributed by atoms with Crippen LogP contribution in [-0.4, -0.2) is 30.7 Å². The Labute approximate surface area is 79.0 Å². The highest BCUT2D eigenvalue weighted by Gasteiger charge is 2.40. The molecule has 1 atom stereocenters. The molecule has 4 nitrogen and oxygen atoms in total. The minimum Gasteiger partial charge on any atom is -0.325 e. The summed E-state index contributed by atoms with van der Waals surface area (Å²) in [5.41, 5.74) is 5.66. The molecule has 0 aliphatic heterocycles. The molecule has 1 aliphatic rings. The van der Waals surface area contributed by atoms with E-state index in [1.165, 1.54) is 12.2 Å². The van der Waals surface area contributed by atoms with Gasteiger partial charge in [-0.15, -0.1) is 0 Å². The second kappa shape index (κ2) is 3.64. The molecular weight excluding hydrogens is 168 g/mol. The fourth-order valence-electron chi connectivity index (χ4n) is 1.43. The van der Waals surface area contributed by atoms with Crippen LogP contribution in [0, 0.1) is 5.92 Å². The average molecular weight is 186 g/mol. The lowest BCUT2D eigenvalue weighted by molar-refractivity contribution is -0.170. The van der Waals surface area contributed by atoms with Gasteiger partial charge in [0.15, 0.2) is 0 Å². The summed E-state index contributed by atoms with van der Waals surface area (Å²) < 4.78 is 0. The van der Waals surface area contributed by atoms with Crippen LogP contribution < -0.4 is 5.73 Å². The van der Waals surface area contributed by atoms with Crippen LogP contribution in [0.25, 0.3) is 0 Å². The predicted octanol–water partition coefficient (Wildman–Crippen LogP) is 0.524. The minimum atomic E-state index is -0.357. The first-order valence-electron chi connectivity index (χ1n) is 4.57. The number of amides is 1. The van der Waals surface area contributed by atoms with Crippen molar-refractivity contribution < 1.29 is 9.63 Å². The van der Waals surface area contributed by atoms with Crippen LogP contribution in [-0.2, 0) is 9.63 Å². The van der Waals surface area contributed by atoms with Crippen molar-refractivity contribution in [3.8, 4) is 0 Å². The smallest absolute Gasteiger partial charge is 0.247 e. The highest BCUT2D eigenvalue weighted by atomic mass is 16.7. The number of carbonyl (C=O) groups excluding carboxylic acids is 1. The highest BCUT2D eigenvalue weighted by Crippen LogP contribution is 2.39.